The lowest BCUT2D eigenvalue weighted by Gasteiger charge is -2.40. The minimum atomic E-state index is -3.51. The normalized spacial score (nSPS) is 26.5. The molecule has 0 aromatic carbocycles. The van der Waals surface area contributed by atoms with Gasteiger partial charge in [-0.3, -0.25) is 4.79 Å². The second kappa shape index (κ2) is 5.59. The van der Waals surface area contributed by atoms with Crippen molar-refractivity contribution in [1.82, 2.24) is 8.61 Å². The highest BCUT2D eigenvalue weighted by molar-refractivity contribution is 7.86. The number of rotatable bonds is 3. The summed E-state index contributed by atoms with van der Waals surface area (Å²) >= 11 is 0. The molecule has 2 aliphatic rings. The van der Waals surface area contributed by atoms with Crippen molar-refractivity contribution < 1.29 is 23.1 Å². The molecule has 0 saturated carbocycles. The van der Waals surface area contributed by atoms with Gasteiger partial charge in [0.05, 0.1) is 18.1 Å². The molecule has 0 aromatic rings. The van der Waals surface area contributed by atoms with Gasteiger partial charge < -0.3 is 9.84 Å². The molecule has 8 heteroatoms. The van der Waals surface area contributed by atoms with Gasteiger partial charge in [-0.05, 0) is 26.7 Å². The van der Waals surface area contributed by atoms with Crippen molar-refractivity contribution in [3.63, 3.8) is 0 Å². The maximum atomic E-state index is 12.6. The molecule has 1 N–H and O–H groups in total. The first-order chi connectivity index (χ1) is 9.22. The minimum Gasteiger partial charge on any atom is -0.481 e. The van der Waals surface area contributed by atoms with Gasteiger partial charge in [0.15, 0.2) is 0 Å². The average Bonchev–Trinajstić information content (AvgIpc) is 2.37. The van der Waals surface area contributed by atoms with Crippen molar-refractivity contribution in [3.05, 3.63) is 0 Å². The van der Waals surface area contributed by atoms with E-state index < -0.39 is 27.7 Å². The summed E-state index contributed by atoms with van der Waals surface area (Å²) in [7, 11) is -3.51. The Bertz CT molecular complexity index is 468. The van der Waals surface area contributed by atoms with Crippen molar-refractivity contribution >= 4 is 16.2 Å². The summed E-state index contributed by atoms with van der Waals surface area (Å²) in [6.45, 7) is 5.35. The SMILES string of the molecule is CC1(C)CN(S(=O)(=O)N2CCC(C(=O)O)CC2)CCO1. The number of morpholine rings is 1. The number of ether oxygens (including phenoxy) is 1. The third kappa shape index (κ3) is 3.30. The Morgan fingerprint density at radius 1 is 1.20 bits per heavy atom. The van der Waals surface area contributed by atoms with Crippen molar-refractivity contribution in [2.75, 3.05) is 32.8 Å². The van der Waals surface area contributed by atoms with E-state index >= 15 is 0 Å². The molecule has 2 saturated heterocycles. The summed E-state index contributed by atoms with van der Waals surface area (Å²) in [5.74, 6) is -1.27. The fraction of sp³-hybridized carbons (Fsp3) is 0.917. The average molecular weight is 306 g/mol. The van der Waals surface area contributed by atoms with Crippen molar-refractivity contribution in [1.29, 1.82) is 0 Å². The highest BCUT2D eigenvalue weighted by Crippen LogP contribution is 2.25. The van der Waals surface area contributed by atoms with Gasteiger partial charge in [-0.15, -0.1) is 0 Å². The Morgan fingerprint density at radius 3 is 2.30 bits per heavy atom. The van der Waals surface area contributed by atoms with E-state index in [2.05, 4.69) is 0 Å². The lowest BCUT2D eigenvalue weighted by atomic mass is 9.99. The van der Waals surface area contributed by atoms with Crippen LogP contribution in [0.5, 0.6) is 0 Å². The Balaban J connectivity index is 2.02. The fourth-order valence-corrected chi connectivity index (χ4v) is 4.45. The number of piperidine rings is 1. The smallest absolute Gasteiger partial charge is 0.306 e. The molecule has 0 amide bonds. The summed E-state index contributed by atoms with van der Waals surface area (Å²) in [5.41, 5.74) is -0.481. The van der Waals surface area contributed by atoms with Crippen LogP contribution in [0.25, 0.3) is 0 Å². The number of nitrogens with zero attached hydrogens (tertiary/aromatic N) is 2. The maximum absolute atomic E-state index is 12.6. The van der Waals surface area contributed by atoms with Crippen LogP contribution in [0.4, 0.5) is 0 Å². The zero-order valence-electron chi connectivity index (χ0n) is 11.9. The predicted molar refractivity (Wildman–Crippen MR) is 72.5 cm³/mol. The summed E-state index contributed by atoms with van der Waals surface area (Å²) in [6.07, 6.45) is 0.755. The van der Waals surface area contributed by atoms with Gasteiger partial charge >= 0.3 is 5.97 Å². The summed E-state index contributed by atoms with van der Waals surface area (Å²) in [4.78, 5) is 10.9. The quantitative estimate of drug-likeness (QED) is 0.801. The zero-order valence-corrected chi connectivity index (χ0v) is 12.7. The Hall–Kier alpha value is -0.700. The summed E-state index contributed by atoms with van der Waals surface area (Å²) < 4.78 is 33.5. The molecule has 0 radical (unpaired) electrons. The van der Waals surface area contributed by atoms with Gasteiger partial charge in [0, 0.05) is 26.2 Å². The van der Waals surface area contributed by atoms with E-state index in [4.69, 9.17) is 9.84 Å². The monoisotopic (exact) mass is 306 g/mol. The molecule has 7 nitrogen and oxygen atoms in total. The van der Waals surface area contributed by atoms with Gasteiger partial charge in [-0.2, -0.15) is 17.0 Å². The van der Waals surface area contributed by atoms with Crippen LogP contribution in [0, 0.1) is 5.92 Å². The molecular weight excluding hydrogens is 284 g/mol. The maximum Gasteiger partial charge on any atom is 0.306 e. The third-order valence-electron chi connectivity index (χ3n) is 3.85. The van der Waals surface area contributed by atoms with Crippen molar-refractivity contribution in [2.24, 2.45) is 5.92 Å². The van der Waals surface area contributed by atoms with Gasteiger partial charge in [0.2, 0.25) is 0 Å². The highest BCUT2D eigenvalue weighted by atomic mass is 32.2. The topological polar surface area (TPSA) is 87.2 Å². The van der Waals surface area contributed by atoms with Crippen molar-refractivity contribution in [2.45, 2.75) is 32.3 Å². The molecule has 2 aliphatic heterocycles. The number of hydrogen-bond acceptors (Lipinski definition) is 4. The molecule has 0 bridgehead atoms. The predicted octanol–water partition coefficient (Wildman–Crippen LogP) is 0.139. The number of hydrogen-bond donors (Lipinski definition) is 1. The molecule has 2 fully saturated rings. The zero-order chi connectivity index (χ0) is 15.0. The second-order valence-electron chi connectivity index (χ2n) is 5.96. The number of carbonyl (C=O) groups is 1. The third-order valence-corrected chi connectivity index (χ3v) is 5.83. The molecule has 20 heavy (non-hydrogen) atoms. The van der Waals surface area contributed by atoms with Crippen LogP contribution >= 0.6 is 0 Å². The van der Waals surface area contributed by atoms with Crippen LogP contribution in [0.2, 0.25) is 0 Å². The standard InChI is InChI=1S/C12H22N2O5S/c1-12(2)9-14(7-8-19-12)20(17,18)13-5-3-10(4-6-13)11(15)16/h10H,3-9H2,1-2H3,(H,15,16). The van der Waals surface area contributed by atoms with Gasteiger partial charge in [-0.1, -0.05) is 0 Å². The van der Waals surface area contributed by atoms with E-state index in [-0.39, 0.29) is 13.1 Å². The van der Waals surface area contributed by atoms with E-state index in [0.717, 1.165) is 0 Å². The largest absolute Gasteiger partial charge is 0.481 e. The van der Waals surface area contributed by atoms with Crippen LogP contribution in [0.1, 0.15) is 26.7 Å². The summed E-state index contributed by atoms with van der Waals surface area (Å²) in [6, 6.07) is 0. The highest BCUT2D eigenvalue weighted by Gasteiger charge is 2.39. The number of carboxylic acids is 1. The van der Waals surface area contributed by atoms with Gasteiger partial charge in [0.1, 0.15) is 0 Å². The van der Waals surface area contributed by atoms with E-state index in [0.29, 0.717) is 32.5 Å². The fourth-order valence-electron chi connectivity index (χ4n) is 2.67. The van der Waals surface area contributed by atoms with Gasteiger partial charge in [-0.25, -0.2) is 0 Å². The van der Waals surface area contributed by atoms with E-state index in [1.54, 1.807) is 0 Å². The van der Waals surface area contributed by atoms with E-state index in [1.165, 1.54) is 8.61 Å². The summed E-state index contributed by atoms with van der Waals surface area (Å²) in [5, 5.41) is 8.95. The molecule has 2 heterocycles. The van der Waals surface area contributed by atoms with Crippen LogP contribution in [0.15, 0.2) is 0 Å². The van der Waals surface area contributed by atoms with Crippen LogP contribution in [0.3, 0.4) is 0 Å². The van der Waals surface area contributed by atoms with Crippen molar-refractivity contribution in [3.8, 4) is 0 Å². The first kappa shape index (κ1) is 15.7. The van der Waals surface area contributed by atoms with E-state index in [1.807, 2.05) is 13.8 Å². The second-order valence-corrected chi connectivity index (χ2v) is 7.89. The lowest BCUT2D eigenvalue weighted by molar-refractivity contribution is -0.142. The molecule has 0 unspecified atom stereocenters. The molecular formula is C12H22N2O5S. The Labute approximate surface area is 119 Å². The van der Waals surface area contributed by atoms with E-state index in [9.17, 15) is 13.2 Å². The lowest BCUT2D eigenvalue weighted by Crippen LogP contribution is -2.55. The molecule has 0 spiro atoms. The molecule has 2 rings (SSSR count). The first-order valence-electron chi connectivity index (χ1n) is 6.84. The number of aliphatic carboxylic acids is 1. The minimum absolute atomic E-state index is 0.275. The molecule has 0 atom stereocenters. The molecule has 0 aromatic heterocycles. The van der Waals surface area contributed by atoms with Crippen LogP contribution in [-0.4, -0.2) is 66.5 Å². The number of carboxylic acid groups (broad SMARTS) is 1. The Morgan fingerprint density at radius 2 is 1.80 bits per heavy atom. The van der Waals surface area contributed by atoms with Gasteiger partial charge in [0.25, 0.3) is 10.2 Å². The molecule has 116 valence electrons. The Kier molecular flexibility index (Phi) is 4.38. The van der Waals surface area contributed by atoms with Crippen LogP contribution in [-0.2, 0) is 19.7 Å². The first-order valence-corrected chi connectivity index (χ1v) is 8.24. The molecule has 0 aliphatic carbocycles. The van der Waals surface area contributed by atoms with Crippen LogP contribution < -0.4 is 0 Å².